The van der Waals surface area contributed by atoms with Crippen molar-refractivity contribution in [3.05, 3.63) is 23.2 Å². The molecule has 4 N–H and O–H groups in total. The van der Waals surface area contributed by atoms with Crippen LogP contribution in [-0.2, 0) is 19.4 Å². The van der Waals surface area contributed by atoms with Gasteiger partial charge < -0.3 is 15.5 Å². The number of carbonyl (C=O) groups excluding carboxylic acids is 3. The molecule has 1 aromatic carbocycles. The third-order valence-corrected chi connectivity index (χ3v) is 7.15. The van der Waals surface area contributed by atoms with Gasteiger partial charge in [0.25, 0.3) is 5.91 Å². The van der Waals surface area contributed by atoms with Crippen molar-refractivity contribution in [1.29, 1.82) is 0 Å². The number of urea groups is 1. The number of nitrogens with zero attached hydrogens (tertiary/aromatic N) is 1. The molecule has 1 aromatic rings. The molecule has 12 heteroatoms. The van der Waals surface area contributed by atoms with E-state index in [0.717, 1.165) is 31.9 Å². The molecule has 2 rings (SSSR count). The molecule has 0 radical (unpaired) electrons. The van der Waals surface area contributed by atoms with Gasteiger partial charge in [-0.2, -0.15) is 0 Å². The topological polar surface area (TPSA) is 145 Å². The van der Waals surface area contributed by atoms with Crippen LogP contribution in [0.4, 0.5) is 10.5 Å². The van der Waals surface area contributed by atoms with E-state index in [-0.39, 0.29) is 28.1 Å². The highest BCUT2D eigenvalue weighted by Crippen LogP contribution is 2.28. The Morgan fingerprint density at radius 1 is 1.21 bits per heavy atom. The number of hydrogen-bond donors (Lipinski definition) is 4. The highest BCUT2D eigenvalue weighted by atomic mass is 35.5. The van der Waals surface area contributed by atoms with Crippen LogP contribution in [0.1, 0.15) is 46.5 Å². The lowest BCUT2D eigenvalue weighted by molar-refractivity contribution is -0.142. The summed E-state index contributed by atoms with van der Waals surface area (Å²) in [6.07, 6.45) is 5.05. The zero-order valence-corrected chi connectivity index (χ0v) is 21.4. The maximum absolute atomic E-state index is 13.5. The molecular weight excluding hydrogens is 484 g/mol. The van der Waals surface area contributed by atoms with E-state index in [2.05, 4.69) is 10.6 Å². The molecular formula is C22H33ClN4O6S. The first-order chi connectivity index (χ1) is 15.7. The Morgan fingerprint density at radius 3 is 2.32 bits per heavy atom. The van der Waals surface area contributed by atoms with E-state index in [4.69, 9.17) is 16.8 Å². The second-order valence-electron chi connectivity index (χ2n) is 9.72. The van der Waals surface area contributed by atoms with E-state index in [0.29, 0.717) is 6.54 Å². The Hall–Kier alpha value is -2.37. The van der Waals surface area contributed by atoms with Crippen molar-refractivity contribution in [2.75, 3.05) is 24.7 Å². The van der Waals surface area contributed by atoms with Gasteiger partial charge in [-0.1, -0.05) is 45.2 Å². The molecule has 0 aromatic heterocycles. The number of halogens is 1. The molecule has 190 valence electrons. The Labute approximate surface area is 205 Å². The number of hydrogen-bond acceptors (Lipinski definition) is 6. The maximum atomic E-state index is 13.5. The Kier molecular flexibility index (Phi) is 9.32. The highest BCUT2D eigenvalue weighted by Gasteiger charge is 2.37. The standard InChI is InChI=1S/C22H33ClN4O6S/c1-22(2,3)19(20(29)27(13-18(28)26-31)12-14-7-5-6-8-14)25-21(30)24-17-10-9-15(11-16(17)23)34(4,32)33/h9-11,14,19,31H,5-8,12-13H2,1-4H3,(H,26,28)(H2,24,25,30)/t19-/m1/s1. The zero-order valence-electron chi connectivity index (χ0n) is 19.9. The number of anilines is 1. The predicted octanol–water partition coefficient (Wildman–Crippen LogP) is 2.80. The van der Waals surface area contributed by atoms with Crippen molar-refractivity contribution in [2.45, 2.75) is 57.4 Å². The molecule has 1 aliphatic carbocycles. The van der Waals surface area contributed by atoms with E-state index in [1.54, 1.807) is 26.3 Å². The van der Waals surface area contributed by atoms with Gasteiger partial charge in [0, 0.05) is 12.8 Å². The van der Waals surface area contributed by atoms with E-state index in [1.807, 2.05) is 0 Å². The molecule has 0 aliphatic heterocycles. The number of amides is 4. The zero-order chi connectivity index (χ0) is 25.7. The van der Waals surface area contributed by atoms with Crippen molar-refractivity contribution in [2.24, 2.45) is 11.3 Å². The summed E-state index contributed by atoms with van der Waals surface area (Å²) in [6.45, 7) is 5.36. The van der Waals surface area contributed by atoms with Crippen LogP contribution < -0.4 is 16.1 Å². The van der Waals surface area contributed by atoms with Crippen molar-refractivity contribution in [3.8, 4) is 0 Å². The van der Waals surface area contributed by atoms with Gasteiger partial charge in [0.15, 0.2) is 9.84 Å². The molecule has 10 nitrogen and oxygen atoms in total. The van der Waals surface area contributed by atoms with Crippen molar-refractivity contribution in [1.82, 2.24) is 15.7 Å². The third kappa shape index (κ3) is 7.85. The van der Waals surface area contributed by atoms with E-state index < -0.39 is 39.1 Å². The van der Waals surface area contributed by atoms with Gasteiger partial charge in [-0.3, -0.25) is 14.8 Å². The van der Waals surface area contributed by atoms with Gasteiger partial charge in [0.05, 0.1) is 15.6 Å². The number of hydroxylamine groups is 1. The number of nitrogens with one attached hydrogen (secondary N) is 3. The molecule has 0 unspecified atom stereocenters. The summed E-state index contributed by atoms with van der Waals surface area (Å²) in [7, 11) is -3.47. The van der Waals surface area contributed by atoms with Crippen LogP contribution in [0.5, 0.6) is 0 Å². The fourth-order valence-corrected chi connectivity index (χ4v) is 4.83. The first kappa shape index (κ1) is 27.9. The molecule has 0 bridgehead atoms. The smallest absolute Gasteiger partial charge is 0.319 e. The van der Waals surface area contributed by atoms with Gasteiger partial charge in [0.2, 0.25) is 5.91 Å². The van der Waals surface area contributed by atoms with E-state index in [9.17, 15) is 22.8 Å². The summed E-state index contributed by atoms with van der Waals surface area (Å²) in [5.41, 5.74) is 1.03. The third-order valence-electron chi connectivity index (χ3n) is 5.73. The number of benzene rings is 1. The quantitative estimate of drug-likeness (QED) is 0.309. The monoisotopic (exact) mass is 516 g/mol. The Morgan fingerprint density at radius 2 is 1.82 bits per heavy atom. The molecule has 1 atom stereocenters. The second-order valence-corrected chi connectivity index (χ2v) is 12.1. The first-order valence-electron chi connectivity index (χ1n) is 11.0. The van der Waals surface area contributed by atoms with E-state index in [1.165, 1.54) is 23.1 Å². The SMILES string of the molecule is CC(C)(C)[C@H](NC(=O)Nc1ccc(S(C)(=O)=O)cc1Cl)C(=O)N(CC(=O)NO)CC1CCCC1. The van der Waals surface area contributed by atoms with Crippen LogP contribution in [0, 0.1) is 11.3 Å². The number of carbonyl (C=O) groups is 3. The summed E-state index contributed by atoms with van der Waals surface area (Å²) in [5, 5.41) is 14.2. The van der Waals surface area contributed by atoms with Gasteiger partial charge in [-0.05, 0) is 42.4 Å². The molecule has 1 aliphatic rings. The lowest BCUT2D eigenvalue weighted by Gasteiger charge is -2.35. The average molecular weight is 517 g/mol. The molecule has 0 heterocycles. The summed E-state index contributed by atoms with van der Waals surface area (Å²) in [4.78, 5) is 39.5. The Balaban J connectivity index is 2.20. The molecule has 0 saturated heterocycles. The van der Waals surface area contributed by atoms with Crippen molar-refractivity contribution in [3.63, 3.8) is 0 Å². The molecule has 1 saturated carbocycles. The molecule has 0 spiro atoms. The van der Waals surface area contributed by atoms with Gasteiger partial charge in [-0.15, -0.1) is 0 Å². The lowest BCUT2D eigenvalue weighted by Crippen LogP contribution is -2.57. The maximum Gasteiger partial charge on any atom is 0.319 e. The highest BCUT2D eigenvalue weighted by molar-refractivity contribution is 7.90. The predicted molar refractivity (Wildman–Crippen MR) is 128 cm³/mol. The van der Waals surface area contributed by atoms with Gasteiger partial charge in [-0.25, -0.2) is 18.7 Å². The van der Waals surface area contributed by atoms with Crippen LogP contribution in [0.25, 0.3) is 0 Å². The molecule has 4 amide bonds. The first-order valence-corrected chi connectivity index (χ1v) is 13.3. The fraction of sp³-hybridized carbons (Fsp3) is 0.591. The number of sulfone groups is 1. The fourth-order valence-electron chi connectivity index (χ4n) is 3.89. The lowest BCUT2D eigenvalue weighted by atomic mass is 9.85. The summed E-state index contributed by atoms with van der Waals surface area (Å²) in [6, 6.07) is 2.21. The normalized spacial score (nSPS) is 15.5. The average Bonchev–Trinajstić information content (AvgIpc) is 3.24. The van der Waals surface area contributed by atoms with Gasteiger partial charge in [0.1, 0.15) is 12.6 Å². The van der Waals surface area contributed by atoms with Crippen molar-refractivity contribution >= 4 is 45.0 Å². The number of rotatable bonds is 8. The van der Waals surface area contributed by atoms with Crippen LogP contribution in [0.15, 0.2) is 23.1 Å². The minimum atomic E-state index is -3.47. The minimum Gasteiger partial charge on any atom is -0.331 e. The van der Waals surface area contributed by atoms with Crippen LogP contribution in [0.3, 0.4) is 0 Å². The van der Waals surface area contributed by atoms with Gasteiger partial charge >= 0.3 is 6.03 Å². The van der Waals surface area contributed by atoms with Crippen LogP contribution in [0.2, 0.25) is 5.02 Å². The van der Waals surface area contributed by atoms with E-state index >= 15 is 0 Å². The van der Waals surface area contributed by atoms with Crippen LogP contribution in [-0.4, -0.2) is 61.8 Å². The summed E-state index contributed by atoms with van der Waals surface area (Å²) in [5.74, 6) is -0.921. The second kappa shape index (κ2) is 11.4. The Bertz CT molecular complexity index is 1020. The van der Waals surface area contributed by atoms with Crippen molar-refractivity contribution < 1.29 is 28.0 Å². The minimum absolute atomic E-state index is 0.0101. The molecule has 34 heavy (non-hydrogen) atoms. The molecule has 1 fully saturated rings. The summed E-state index contributed by atoms with van der Waals surface area (Å²) >= 11 is 6.14. The summed E-state index contributed by atoms with van der Waals surface area (Å²) < 4.78 is 23.4. The van der Waals surface area contributed by atoms with Crippen LogP contribution >= 0.6 is 11.6 Å². The largest absolute Gasteiger partial charge is 0.331 e.